The van der Waals surface area contributed by atoms with E-state index in [1.807, 2.05) is 48.5 Å². The topological polar surface area (TPSA) is 35.8 Å². The fourth-order valence-electron chi connectivity index (χ4n) is 1.73. The van der Waals surface area contributed by atoms with Gasteiger partial charge in [-0.2, -0.15) is 5.26 Å². The Morgan fingerprint density at radius 3 is 2.44 bits per heavy atom. The van der Waals surface area contributed by atoms with Crippen molar-refractivity contribution in [3.8, 4) is 6.07 Å². The van der Waals surface area contributed by atoms with Crippen molar-refractivity contribution in [1.29, 1.82) is 5.26 Å². The van der Waals surface area contributed by atoms with Gasteiger partial charge in [0.05, 0.1) is 11.6 Å². The molecule has 3 heteroatoms. The van der Waals surface area contributed by atoms with Gasteiger partial charge in [-0.1, -0.05) is 41.9 Å². The van der Waals surface area contributed by atoms with Gasteiger partial charge in [-0.05, 0) is 29.3 Å². The monoisotopic (exact) mass is 256 g/mol. The number of halogens is 1. The van der Waals surface area contributed by atoms with Gasteiger partial charge in [0.15, 0.2) is 0 Å². The molecule has 0 radical (unpaired) electrons. The van der Waals surface area contributed by atoms with E-state index in [1.165, 1.54) is 5.56 Å². The molecule has 0 aliphatic rings. The lowest BCUT2D eigenvalue weighted by atomic mass is 10.1. The molecule has 90 valence electrons. The average Bonchev–Trinajstić information content (AvgIpc) is 2.41. The predicted molar refractivity (Wildman–Crippen MR) is 73.2 cm³/mol. The molecule has 0 saturated heterocycles. The molecular weight excluding hydrogens is 244 g/mol. The highest BCUT2D eigenvalue weighted by molar-refractivity contribution is 6.30. The fourth-order valence-corrected chi connectivity index (χ4v) is 1.85. The maximum Gasteiger partial charge on any atom is 0.0995 e. The van der Waals surface area contributed by atoms with Gasteiger partial charge in [0.1, 0.15) is 0 Å². The third-order valence-corrected chi connectivity index (χ3v) is 2.95. The number of benzene rings is 2. The second kappa shape index (κ2) is 6.20. The second-order valence-electron chi connectivity index (χ2n) is 4.00. The number of nitrogens with one attached hydrogen (secondary N) is 1. The van der Waals surface area contributed by atoms with Crippen LogP contribution in [0.1, 0.15) is 16.7 Å². The summed E-state index contributed by atoms with van der Waals surface area (Å²) in [6.45, 7) is 1.45. The Labute approximate surface area is 112 Å². The van der Waals surface area contributed by atoms with Crippen LogP contribution in [0.2, 0.25) is 5.02 Å². The molecule has 0 fully saturated rings. The molecular formula is C15H13ClN2. The van der Waals surface area contributed by atoms with E-state index in [-0.39, 0.29) is 0 Å². The van der Waals surface area contributed by atoms with E-state index < -0.39 is 0 Å². The van der Waals surface area contributed by atoms with Crippen molar-refractivity contribution in [3.05, 3.63) is 70.2 Å². The van der Waals surface area contributed by atoms with Crippen molar-refractivity contribution < 1.29 is 0 Å². The van der Waals surface area contributed by atoms with Crippen LogP contribution in [-0.4, -0.2) is 0 Å². The van der Waals surface area contributed by atoms with Gasteiger partial charge >= 0.3 is 0 Å². The first kappa shape index (κ1) is 12.6. The molecule has 0 aliphatic carbocycles. The minimum Gasteiger partial charge on any atom is -0.309 e. The Morgan fingerprint density at radius 1 is 1.00 bits per heavy atom. The second-order valence-corrected chi connectivity index (χ2v) is 4.44. The summed E-state index contributed by atoms with van der Waals surface area (Å²) < 4.78 is 0. The number of nitriles is 1. The fraction of sp³-hybridized carbons (Fsp3) is 0.133. The molecule has 2 rings (SSSR count). The van der Waals surface area contributed by atoms with Crippen LogP contribution in [-0.2, 0) is 13.1 Å². The Bertz CT molecular complexity index is 555. The molecule has 0 spiro atoms. The Hall–Kier alpha value is -1.82. The molecule has 0 aromatic heterocycles. The summed E-state index contributed by atoms with van der Waals surface area (Å²) in [7, 11) is 0. The van der Waals surface area contributed by atoms with E-state index >= 15 is 0 Å². The lowest BCUT2D eigenvalue weighted by Crippen LogP contribution is -2.13. The van der Waals surface area contributed by atoms with Crippen LogP contribution >= 0.6 is 11.6 Å². The van der Waals surface area contributed by atoms with E-state index in [0.29, 0.717) is 6.54 Å². The first-order chi connectivity index (χ1) is 8.79. The third kappa shape index (κ3) is 3.33. The molecule has 2 nitrogen and oxygen atoms in total. The van der Waals surface area contributed by atoms with Crippen molar-refractivity contribution in [2.75, 3.05) is 0 Å². The van der Waals surface area contributed by atoms with Crippen LogP contribution in [0.5, 0.6) is 0 Å². The molecule has 0 heterocycles. The van der Waals surface area contributed by atoms with Crippen molar-refractivity contribution in [2.24, 2.45) is 0 Å². The summed E-state index contributed by atoms with van der Waals surface area (Å²) >= 11 is 5.82. The number of hydrogen-bond donors (Lipinski definition) is 1. The molecule has 0 aliphatic heterocycles. The lowest BCUT2D eigenvalue weighted by Gasteiger charge is -2.06. The van der Waals surface area contributed by atoms with Gasteiger partial charge in [-0.15, -0.1) is 0 Å². The molecule has 0 atom stereocenters. The minimum atomic E-state index is 0.687. The third-order valence-electron chi connectivity index (χ3n) is 2.70. The summed E-state index contributed by atoms with van der Waals surface area (Å²) in [6.07, 6.45) is 0. The highest BCUT2D eigenvalue weighted by atomic mass is 35.5. The van der Waals surface area contributed by atoms with Crippen LogP contribution in [0.3, 0.4) is 0 Å². The van der Waals surface area contributed by atoms with Gasteiger partial charge in [-0.3, -0.25) is 0 Å². The molecule has 1 N–H and O–H groups in total. The summed E-state index contributed by atoms with van der Waals surface area (Å²) in [5.74, 6) is 0. The van der Waals surface area contributed by atoms with Crippen molar-refractivity contribution in [3.63, 3.8) is 0 Å². The molecule has 2 aromatic rings. The van der Waals surface area contributed by atoms with Crippen molar-refractivity contribution in [2.45, 2.75) is 13.1 Å². The van der Waals surface area contributed by atoms with Gasteiger partial charge in [0, 0.05) is 18.1 Å². The summed E-state index contributed by atoms with van der Waals surface area (Å²) in [5.41, 5.74) is 2.92. The average molecular weight is 257 g/mol. The Balaban J connectivity index is 1.93. The van der Waals surface area contributed by atoms with Gasteiger partial charge in [0.2, 0.25) is 0 Å². The Kier molecular flexibility index (Phi) is 4.35. The zero-order valence-corrected chi connectivity index (χ0v) is 10.6. The van der Waals surface area contributed by atoms with E-state index in [4.69, 9.17) is 16.9 Å². The smallest absolute Gasteiger partial charge is 0.0995 e. The van der Waals surface area contributed by atoms with E-state index in [2.05, 4.69) is 11.4 Å². The lowest BCUT2D eigenvalue weighted by molar-refractivity contribution is 0.692. The largest absolute Gasteiger partial charge is 0.309 e. The van der Waals surface area contributed by atoms with E-state index in [9.17, 15) is 0 Å². The summed E-state index contributed by atoms with van der Waals surface area (Å²) in [6, 6.07) is 17.6. The highest BCUT2D eigenvalue weighted by Gasteiger charge is 2.00. The van der Waals surface area contributed by atoms with Crippen molar-refractivity contribution in [1.82, 2.24) is 5.32 Å². The van der Waals surface area contributed by atoms with Crippen LogP contribution in [0, 0.1) is 11.3 Å². The number of hydrogen-bond acceptors (Lipinski definition) is 2. The van der Waals surface area contributed by atoms with Crippen molar-refractivity contribution >= 4 is 11.6 Å². The van der Waals surface area contributed by atoms with Gasteiger partial charge < -0.3 is 5.32 Å². The SMILES string of the molecule is N#Cc1ccccc1CNCc1ccc(Cl)cc1. The van der Waals surface area contributed by atoms with Crippen LogP contribution in [0.15, 0.2) is 48.5 Å². The highest BCUT2D eigenvalue weighted by Crippen LogP contribution is 2.10. The zero-order valence-electron chi connectivity index (χ0n) is 9.86. The molecule has 0 bridgehead atoms. The molecule has 18 heavy (non-hydrogen) atoms. The molecule has 0 saturated carbocycles. The quantitative estimate of drug-likeness (QED) is 0.909. The van der Waals surface area contributed by atoms with Gasteiger partial charge in [-0.25, -0.2) is 0 Å². The predicted octanol–water partition coefficient (Wildman–Crippen LogP) is 3.50. The van der Waals surface area contributed by atoms with E-state index in [1.54, 1.807) is 0 Å². The van der Waals surface area contributed by atoms with Crippen LogP contribution < -0.4 is 5.32 Å². The van der Waals surface area contributed by atoms with Gasteiger partial charge in [0.25, 0.3) is 0 Å². The molecule has 0 amide bonds. The maximum atomic E-state index is 8.97. The Morgan fingerprint density at radius 2 is 1.72 bits per heavy atom. The van der Waals surface area contributed by atoms with E-state index in [0.717, 1.165) is 22.7 Å². The normalized spacial score (nSPS) is 10.0. The zero-order chi connectivity index (χ0) is 12.8. The first-order valence-corrected chi connectivity index (χ1v) is 6.10. The summed E-state index contributed by atoms with van der Waals surface area (Å²) in [5, 5.41) is 13.0. The minimum absolute atomic E-state index is 0.687. The number of nitrogens with zero attached hydrogens (tertiary/aromatic N) is 1. The van der Waals surface area contributed by atoms with Crippen LogP contribution in [0.4, 0.5) is 0 Å². The van der Waals surface area contributed by atoms with Crippen LogP contribution in [0.25, 0.3) is 0 Å². The summed E-state index contributed by atoms with van der Waals surface area (Å²) in [4.78, 5) is 0. The standard InChI is InChI=1S/C15H13ClN2/c16-15-7-5-12(6-8-15)10-18-11-14-4-2-1-3-13(14)9-17/h1-8,18H,10-11H2. The molecule has 2 aromatic carbocycles. The number of rotatable bonds is 4. The first-order valence-electron chi connectivity index (χ1n) is 5.73. The maximum absolute atomic E-state index is 8.97. The molecule has 0 unspecified atom stereocenters.